The molecule has 0 aromatic carbocycles. The van der Waals surface area contributed by atoms with E-state index in [-0.39, 0.29) is 18.9 Å². The molecule has 0 aliphatic carbocycles. The summed E-state index contributed by atoms with van der Waals surface area (Å²) >= 11 is 0. The van der Waals surface area contributed by atoms with E-state index in [0.29, 0.717) is 13.2 Å². The van der Waals surface area contributed by atoms with Gasteiger partial charge in [-0.1, -0.05) is 0 Å². The number of aliphatic hydroxyl groups excluding tert-OH is 1. The van der Waals surface area contributed by atoms with Gasteiger partial charge in [0.25, 0.3) is 0 Å². The van der Waals surface area contributed by atoms with Gasteiger partial charge in [0.2, 0.25) is 11.8 Å². The van der Waals surface area contributed by atoms with Gasteiger partial charge in [-0.15, -0.1) is 0 Å². The fourth-order valence-electron chi connectivity index (χ4n) is 1.84. The van der Waals surface area contributed by atoms with E-state index < -0.39 is 30.4 Å². The van der Waals surface area contributed by atoms with Crippen molar-refractivity contribution in [3.8, 4) is 0 Å². The van der Waals surface area contributed by atoms with E-state index in [4.69, 9.17) is 14.9 Å². The molecule has 1 saturated heterocycles. The van der Waals surface area contributed by atoms with Crippen LogP contribution in [0.4, 0.5) is 0 Å². The maximum atomic E-state index is 11.8. The molecule has 0 saturated carbocycles. The Hall–Kier alpha value is -1.67. The number of carbonyl (C=O) groups excluding carboxylic acids is 2. The SMILES string of the molecule is COCCN1CC(C(=O)NC(CO)C(=O)O)CC1=O. The van der Waals surface area contributed by atoms with Crippen LogP contribution in [0.5, 0.6) is 0 Å². The third-order valence-corrected chi connectivity index (χ3v) is 2.95. The normalized spacial score (nSPS) is 20.4. The molecule has 3 N–H and O–H groups in total. The zero-order valence-corrected chi connectivity index (χ0v) is 10.7. The van der Waals surface area contributed by atoms with E-state index in [1.54, 1.807) is 0 Å². The van der Waals surface area contributed by atoms with Crippen LogP contribution in [0.25, 0.3) is 0 Å². The van der Waals surface area contributed by atoms with Crippen molar-refractivity contribution in [1.29, 1.82) is 0 Å². The molecule has 0 spiro atoms. The highest BCUT2D eigenvalue weighted by atomic mass is 16.5. The maximum absolute atomic E-state index is 11.8. The average molecular weight is 274 g/mol. The molecule has 19 heavy (non-hydrogen) atoms. The summed E-state index contributed by atoms with van der Waals surface area (Å²) in [6.07, 6.45) is 0.0489. The Labute approximate surface area is 110 Å². The number of amides is 2. The van der Waals surface area contributed by atoms with Gasteiger partial charge >= 0.3 is 5.97 Å². The summed E-state index contributed by atoms with van der Waals surface area (Å²) < 4.78 is 4.86. The lowest BCUT2D eigenvalue weighted by Gasteiger charge is -2.17. The van der Waals surface area contributed by atoms with E-state index >= 15 is 0 Å². The summed E-state index contributed by atoms with van der Waals surface area (Å²) in [6.45, 7) is 0.344. The van der Waals surface area contributed by atoms with Gasteiger partial charge in [-0.2, -0.15) is 0 Å². The van der Waals surface area contributed by atoms with Gasteiger partial charge in [-0.05, 0) is 0 Å². The smallest absolute Gasteiger partial charge is 0.328 e. The molecule has 1 rings (SSSR count). The number of hydrogen-bond acceptors (Lipinski definition) is 5. The van der Waals surface area contributed by atoms with Crippen molar-refractivity contribution in [3.05, 3.63) is 0 Å². The molecule has 0 bridgehead atoms. The lowest BCUT2D eigenvalue weighted by molar-refractivity contribution is -0.143. The van der Waals surface area contributed by atoms with Crippen molar-refractivity contribution >= 4 is 17.8 Å². The van der Waals surface area contributed by atoms with Crippen molar-refractivity contribution in [3.63, 3.8) is 0 Å². The van der Waals surface area contributed by atoms with Crippen molar-refractivity contribution in [2.75, 3.05) is 33.4 Å². The highest BCUT2D eigenvalue weighted by molar-refractivity contribution is 5.91. The Morgan fingerprint density at radius 2 is 2.26 bits per heavy atom. The summed E-state index contributed by atoms with van der Waals surface area (Å²) in [5.41, 5.74) is 0. The first-order chi connectivity index (χ1) is 8.99. The fraction of sp³-hybridized carbons (Fsp3) is 0.727. The van der Waals surface area contributed by atoms with E-state index in [9.17, 15) is 14.4 Å². The Bertz CT molecular complexity index is 359. The van der Waals surface area contributed by atoms with Crippen molar-refractivity contribution < 1.29 is 29.3 Å². The monoisotopic (exact) mass is 274 g/mol. The Morgan fingerprint density at radius 3 is 2.79 bits per heavy atom. The number of aliphatic carboxylic acids is 1. The number of carboxylic acids is 1. The quantitative estimate of drug-likeness (QED) is 0.496. The van der Waals surface area contributed by atoms with Crippen molar-refractivity contribution in [2.45, 2.75) is 12.5 Å². The molecule has 0 radical (unpaired) electrons. The number of carboxylic acid groups (broad SMARTS) is 1. The molecule has 2 amide bonds. The second kappa shape index (κ2) is 7.05. The third-order valence-electron chi connectivity index (χ3n) is 2.95. The van der Waals surface area contributed by atoms with E-state index in [1.807, 2.05) is 0 Å². The van der Waals surface area contributed by atoms with Crippen LogP contribution in [0.3, 0.4) is 0 Å². The molecule has 0 aromatic rings. The molecule has 8 heteroatoms. The summed E-state index contributed by atoms with van der Waals surface area (Å²) in [7, 11) is 1.52. The molecule has 1 heterocycles. The lowest BCUT2D eigenvalue weighted by atomic mass is 10.1. The molecule has 8 nitrogen and oxygen atoms in total. The van der Waals surface area contributed by atoms with E-state index in [0.717, 1.165) is 0 Å². The van der Waals surface area contributed by atoms with Crippen LogP contribution in [0.15, 0.2) is 0 Å². The van der Waals surface area contributed by atoms with Crippen LogP contribution in [0, 0.1) is 5.92 Å². The average Bonchev–Trinajstić information content (AvgIpc) is 2.74. The van der Waals surface area contributed by atoms with Gasteiger partial charge in [0.05, 0.1) is 19.1 Å². The second-order valence-electron chi connectivity index (χ2n) is 4.32. The van der Waals surface area contributed by atoms with Crippen molar-refractivity contribution in [2.24, 2.45) is 5.92 Å². The summed E-state index contributed by atoms with van der Waals surface area (Å²) in [4.78, 5) is 35.6. The molecular formula is C11H18N2O6. The molecule has 1 aliphatic rings. The maximum Gasteiger partial charge on any atom is 0.328 e. The highest BCUT2D eigenvalue weighted by Gasteiger charge is 2.35. The first-order valence-electron chi connectivity index (χ1n) is 5.90. The minimum Gasteiger partial charge on any atom is -0.480 e. The van der Waals surface area contributed by atoms with E-state index in [1.165, 1.54) is 12.0 Å². The van der Waals surface area contributed by atoms with Crippen LogP contribution in [0.2, 0.25) is 0 Å². The predicted molar refractivity (Wildman–Crippen MR) is 63.2 cm³/mol. The largest absolute Gasteiger partial charge is 0.480 e. The number of nitrogens with one attached hydrogen (secondary N) is 1. The number of methoxy groups -OCH3 is 1. The van der Waals surface area contributed by atoms with Gasteiger partial charge in [0.1, 0.15) is 6.04 Å². The van der Waals surface area contributed by atoms with Crippen LogP contribution in [-0.2, 0) is 19.1 Å². The van der Waals surface area contributed by atoms with Gasteiger partial charge in [0, 0.05) is 26.6 Å². The number of carbonyl (C=O) groups is 3. The third kappa shape index (κ3) is 4.18. The van der Waals surface area contributed by atoms with Crippen LogP contribution >= 0.6 is 0 Å². The van der Waals surface area contributed by atoms with Crippen LogP contribution < -0.4 is 5.32 Å². The number of aliphatic hydroxyl groups is 1. The minimum absolute atomic E-state index is 0.0489. The summed E-state index contributed by atoms with van der Waals surface area (Å²) in [6, 6.07) is -1.34. The Morgan fingerprint density at radius 1 is 1.58 bits per heavy atom. The molecule has 108 valence electrons. The van der Waals surface area contributed by atoms with Crippen LogP contribution in [-0.4, -0.2) is 72.4 Å². The van der Waals surface area contributed by atoms with Crippen LogP contribution in [0.1, 0.15) is 6.42 Å². The molecule has 2 unspecified atom stereocenters. The zero-order chi connectivity index (χ0) is 14.4. The van der Waals surface area contributed by atoms with Gasteiger partial charge < -0.3 is 25.2 Å². The summed E-state index contributed by atoms with van der Waals surface area (Å²) in [5, 5.41) is 19.7. The fourth-order valence-corrected chi connectivity index (χ4v) is 1.84. The molecular weight excluding hydrogens is 256 g/mol. The standard InChI is InChI=1S/C11H18N2O6/c1-19-3-2-13-5-7(4-9(13)15)10(16)12-8(6-14)11(17)18/h7-8,14H,2-6H2,1H3,(H,12,16)(H,17,18). The molecule has 2 atom stereocenters. The lowest BCUT2D eigenvalue weighted by Crippen LogP contribution is -2.46. The van der Waals surface area contributed by atoms with Gasteiger partial charge in [-0.3, -0.25) is 9.59 Å². The molecule has 1 fully saturated rings. The Balaban J connectivity index is 2.51. The van der Waals surface area contributed by atoms with Gasteiger partial charge in [-0.25, -0.2) is 4.79 Å². The topological polar surface area (TPSA) is 116 Å². The minimum atomic E-state index is -1.34. The highest BCUT2D eigenvalue weighted by Crippen LogP contribution is 2.17. The summed E-state index contributed by atoms with van der Waals surface area (Å²) in [5.74, 6) is -2.59. The first kappa shape index (κ1) is 15.4. The number of hydrogen-bond donors (Lipinski definition) is 3. The number of rotatable bonds is 7. The predicted octanol–water partition coefficient (Wildman–Crippen LogP) is -1.96. The number of nitrogens with zero attached hydrogens (tertiary/aromatic N) is 1. The number of ether oxygens (including phenoxy) is 1. The second-order valence-corrected chi connectivity index (χ2v) is 4.32. The molecule has 0 aromatic heterocycles. The first-order valence-corrected chi connectivity index (χ1v) is 5.90. The molecule has 1 aliphatic heterocycles. The van der Waals surface area contributed by atoms with Crippen molar-refractivity contribution in [1.82, 2.24) is 10.2 Å². The number of likely N-dealkylation sites (tertiary alicyclic amines) is 1. The van der Waals surface area contributed by atoms with E-state index in [2.05, 4.69) is 5.32 Å². The Kier molecular flexibility index (Phi) is 5.71. The van der Waals surface area contributed by atoms with Gasteiger partial charge in [0.15, 0.2) is 0 Å². The zero-order valence-electron chi connectivity index (χ0n) is 10.7.